The van der Waals surface area contributed by atoms with E-state index < -0.39 is 9.84 Å². The van der Waals surface area contributed by atoms with Crippen LogP contribution in [0.3, 0.4) is 0 Å². The Morgan fingerprint density at radius 2 is 1.77 bits per heavy atom. The van der Waals surface area contributed by atoms with E-state index in [0.717, 1.165) is 5.56 Å². The Labute approximate surface area is 154 Å². The van der Waals surface area contributed by atoms with Gasteiger partial charge < -0.3 is 10.2 Å². The van der Waals surface area contributed by atoms with Gasteiger partial charge in [0.15, 0.2) is 15.8 Å². The molecule has 2 rings (SSSR count). The number of sulfone groups is 1. The van der Waals surface area contributed by atoms with Gasteiger partial charge in [-0.3, -0.25) is 4.99 Å². The van der Waals surface area contributed by atoms with Crippen molar-refractivity contribution < 1.29 is 12.8 Å². The fourth-order valence-corrected chi connectivity index (χ4v) is 3.56. The smallest absolute Gasteiger partial charge is 0.193 e. The Balaban J connectivity index is 2.02. The Kier molecular flexibility index (Phi) is 7.15. The second-order valence-corrected chi connectivity index (χ2v) is 7.96. The van der Waals surface area contributed by atoms with Crippen LogP contribution in [-0.4, -0.2) is 45.2 Å². The summed E-state index contributed by atoms with van der Waals surface area (Å²) >= 11 is 0. The molecule has 2 aromatic carbocycles. The molecule has 0 spiro atoms. The van der Waals surface area contributed by atoms with Gasteiger partial charge in [-0.25, -0.2) is 12.8 Å². The van der Waals surface area contributed by atoms with Gasteiger partial charge in [0.2, 0.25) is 0 Å². The SMILES string of the molecule is CCNC(=NCCS(=O)(=O)c1ccccc1)N(C)Cc1ccc(F)cc1. The van der Waals surface area contributed by atoms with E-state index in [9.17, 15) is 12.8 Å². The molecule has 0 aliphatic carbocycles. The molecule has 0 fully saturated rings. The number of aliphatic imine (C=N–C) groups is 1. The summed E-state index contributed by atoms with van der Waals surface area (Å²) in [6.45, 7) is 3.31. The summed E-state index contributed by atoms with van der Waals surface area (Å²) in [5.74, 6) is 0.277. The number of nitrogens with zero attached hydrogens (tertiary/aromatic N) is 2. The van der Waals surface area contributed by atoms with E-state index in [-0.39, 0.29) is 18.1 Å². The molecular formula is C19H24FN3O2S. The fraction of sp³-hybridized carbons (Fsp3) is 0.316. The van der Waals surface area contributed by atoms with Crippen LogP contribution in [0.1, 0.15) is 12.5 Å². The lowest BCUT2D eigenvalue weighted by atomic mass is 10.2. The number of hydrogen-bond acceptors (Lipinski definition) is 3. The van der Waals surface area contributed by atoms with Crippen LogP contribution in [0.5, 0.6) is 0 Å². The van der Waals surface area contributed by atoms with E-state index in [1.54, 1.807) is 42.5 Å². The first-order valence-corrected chi connectivity index (χ1v) is 10.1. The topological polar surface area (TPSA) is 61.8 Å². The standard InChI is InChI=1S/C19H24FN3O2S/c1-3-21-19(23(2)15-16-9-11-17(20)12-10-16)22-13-14-26(24,25)18-7-5-4-6-8-18/h4-12H,3,13-15H2,1-2H3,(H,21,22). The lowest BCUT2D eigenvalue weighted by Gasteiger charge is -2.22. The fourth-order valence-electron chi connectivity index (χ4n) is 2.43. The maximum atomic E-state index is 13.0. The minimum absolute atomic E-state index is 0.0592. The van der Waals surface area contributed by atoms with Crippen molar-refractivity contribution in [2.24, 2.45) is 4.99 Å². The minimum atomic E-state index is -3.36. The van der Waals surface area contributed by atoms with Crippen molar-refractivity contribution in [3.8, 4) is 0 Å². The van der Waals surface area contributed by atoms with Crippen molar-refractivity contribution >= 4 is 15.8 Å². The zero-order valence-corrected chi connectivity index (χ0v) is 15.8. The summed E-state index contributed by atoms with van der Waals surface area (Å²) in [5.41, 5.74) is 0.941. The summed E-state index contributed by atoms with van der Waals surface area (Å²) in [6.07, 6.45) is 0. The summed E-state index contributed by atoms with van der Waals surface area (Å²) in [4.78, 5) is 6.60. The molecule has 0 saturated heterocycles. The van der Waals surface area contributed by atoms with Crippen LogP contribution in [0.25, 0.3) is 0 Å². The highest BCUT2D eigenvalue weighted by molar-refractivity contribution is 7.91. The molecule has 2 aromatic rings. The molecule has 0 aliphatic heterocycles. The highest BCUT2D eigenvalue weighted by Gasteiger charge is 2.14. The minimum Gasteiger partial charge on any atom is -0.357 e. The lowest BCUT2D eigenvalue weighted by Crippen LogP contribution is -2.38. The van der Waals surface area contributed by atoms with Gasteiger partial charge in [0.25, 0.3) is 0 Å². The number of benzene rings is 2. The first kappa shape index (κ1) is 19.9. The number of halogens is 1. The molecule has 1 N–H and O–H groups in total. The predicted octanol–water partition coefficient (Wildman–Crippen LogP) is 2.70. The number of nitrogens with one attached hydrogen (secondary N) is 1. The zero-order chi connectivity index (χ0) is 19.0. The largest absolute Gasteiger partial charge is 0.357 e. The van der Waals surface area contributed by atoms with E-state index in [1.807, 2.05) is 18.9 Å². The average Bonchev–Trinajstić information content (AvgIpc) is 2.63. The third-order valence-electron chi connectivity index (χ3n) is 3.75. The molecule has 0 saturated carbocycles. The number of rotatable bonds is 7. The van der Waals surface area contributed by atoms with E-state index in [0.29, 0.717) is 23.9 Å². The van der Waals surface area contributed by atoms with Gasteiger partial charge in [0.05, 0.1) is 17.2 Å². The Bertz CT molecular complexity index is 822. The van der Waals surface area contributed by atoms with Gasteiger partial charge in [0.1, 0.15) is 5.82 Å². The molecule has 5 nitrogen and oxygen atoms in total. The highest BCUT2D eigenvalue weighted by atomic mass is 32.2. The van der Waals surface area contributed by atoms with Crippen molar-refractivity contribution in [2.75, 3.05) is 25.9 Å². The van der Waals surface area contributed by atoms with E-state index in [4.69, 9.17) is 0 Å². The maximum Gasteiger partial charge on any atom is 0.193 e. The van der Waals surface area contributed by atoms with Crippen LogP contribution in [0.15, 0.2) is 64.5 Å². The third kappa shape index (κ3) is 5.84. The predicted molar refractivity (Wildman–Crippen MR) is 102 cm³/mol. The maximum absolute atomic E-state index is 13.0. The Hall–Kier alpha value is -2.41. The molecule has 0 unspecified atom stereocenters. The second-order valence-electron chi connectivity index (χ2n) is 5.85. The van der Waals surface area contributed by atoms with Gasteiger partial charge in [-0.1, -0.05) is 30.3 Å². The van der Waals surface area contributed by atoms with Crippen LogP contribution in [-0.2, 0) is 16.4 Å². The molecular weight excluding hydrogens is 353 g/mol. The second kappa shape index (κ2) is 9.33. The summed E-state index contributed by atoms with van der Waals surface area (Å²) in [6, 6.07) is 14.6. The van der Waals surface area contributed by atoms with Crippen LogP contribution in [0.4, 0.5) is 4.39 Å². The Morgan fingerprint density at radius 3 is 2.38 bits per heavy atom. The number of guanidine groups is 1. The normalized spacial score (nSPS) is 12.0. The summed E-state index contributed by atoms with van der Waals surface area (Å²) in [7, 11) is -1.50. The summed E-state index contributed by atoms with van der Waals surface area (Å²) < 4.78 is 37.7. The highest BCUT2D eigenvalue weighted by Crippen LogP contribution is 2.10. The molecule has 7 heteroatoms. The van der Waals surface area contributed by atoms with Crippen molar-refractivity contribution in [2.45, 2.75) is 18.4 Å². The lowest BCUT2D eigenvalue weighted by molar-refractivity contribution is 0.477. The first-order chi connectivity index (χ1) is 12.4. The molecule has 0 aromatic heterocycles. The van der Waals surface area contributed by atoms with Gasteiger partial charge in [0, 0.05) is 20.1 Å². The van der Waals surface area contributed by atoms with E-state index in [1.165, 1.54) is 12.1 Å². The van der Waals surface area contributed by atoms with Crippen molar-refractivity contribution in [3.63, 3.8) is 0 Å². The van der Waals surface area contributed by atoms with Gasteiger partial charge in [-0.2, -0.15) is 0 Å². The third-order valence-corrected chi connectivity index (χ3v) is 5.46. The van der Waals surface area contributed by atoms with Crippen molar-refractivity contribution in [1.82, 2.24) is 10.2 Å². The zero-order valence-electron chi connectivity index (χ0n) is 15.0. The molecule has 0 aliphatic rings. The monoisotopic (exact) mass is 377 g/mol. The molecule has 26 heavy (non-hydrogen) atoms. The number of hydrogen-bond donors (Lipinski definition) is 1. The molecule has 0 amide bonds. The molecule has 0 heterocycles. The molecule has 0 bridgehead atoms. The van der Waals surface area contributed by atoms with E-state index in [2.05, 4.69) is 10.3 Å². The van der Waals surface area contributed by atoms with Crippen LogP contribution < -0.4 is 5.32 Å². The van der Waals surface area contributed by atoms with Crippen LogP contribution >= 0.6 is 0 Å². The summed E-state index contributed by atoms with van der Waals surface area (Å²) in [5, 5.41) is 3.15. The Morgan fingerprint density at radius 1 is 1.12 bits per heavy atom. The van der Waals surface area contributed by atoms with Crippen LogP contribution in [0, 0.1) is 5.82 Å². The van der Waals surface area contributed by atoms with Gasteiger partial charge in [-0.05, 0) is 36.8 Å². The average molecular weight is 377 g/mol. The molecule has 0 radical (unpaired) electrons. The van der Waals surface area contributed by atoms with Gasteiger partial charge in [-0.15, -0.1) is 0 Å². The molecule has 0 atom stereocenters. The quantitative estimate of drug-likeness (QED) is 0.595. The van der Waals surface area contributed by atoms with Gasteiger partial charge >= 0.3 is 0 Å². The molecule has 140 valence electrons. The van der Waals surface area contributed by atoms with E-state index >= 15 is 0 Å². The first-order valence-electron chi connectivity index (χ1n) is 8.44. The van der Waals surface area contributed by atoms with Crippen LogP contribution in [0.2, 0.25) is 0 Å². The van der Waals surface area contributed by atoms with Crippen molar-refractivity contribution in [3.05, 3.63) is 66.0 Å². The van der Waals surface area contributed by atoms with Crippen molar-refractivity contribution in [1.29, 1.82) is 0 Å².